The summed E-state index contributed by atoms with van der Waals surface area (Å²) in [5.41, 5.74) is 0.871. The van der Waals surface area contributed by atoms with Gasteiger partial charge in [0.15, 0.2) is 0 Å². The monoisotopic (exact) mass is 419 g/mol. The summed E-state index contributed by atoms with van der Waals surface area (Å²) in [5, 5.41) is 14.1. The number of methoxy groups -OCH3 is 1. The van der Waals surface area contributed by atoms with Crippen molar-refractivity contribution in [3.05, 3.63) is 35.9 Å². The maximum absolute atomic E-state index is 12.9. The van der Waals surface area contributed by atoms with Crippen molar-refractivity contribution in [2.75, 3.05) is 20.2 Å². The van der Waals surface area contributed by atoms with E-state index in [1.165, 1.54) is 0 Å². The number of ether oxygens (including phenoxy) is 2. The molecule has 1 saturated carbocycles. The lowest BCUT2D eigenvalue weighted by molar-refractivity contribution is -0.133. The van der Waals surface area contributed by atoms with Crippen molar-refractivity contribution in [1.29, 1.82) is 0 Å². The van der Waals surface area contributed by atoms with Gasteiger partial charge in [0.1, 0.15) is 12.6 Å². The van der Waals surface area contributed by atoms with Gasteiger partial charge in [0.2, 0.25) is 5.91 Å². The molecule has 1 aliphatic carbocycles. The van der Waals surface area contributed by atoms with Gasteiger partial charge in [-0.1, -0.05) is 30.3 Å². The quantitative estimate of drug-likeness (QED) is 0.622. The van der Waals surface area contributed by atoms with E-state index in [9.17, 15) is 14.4 Å². The molecule has 0 spiro atoms. The van der Waals surface area contributed by atoms with E-state index < -0.39 is 18.2 Å². The summed E-state index contributed by atoms with van der Waals surface area (Å²) < 4.78 is 10.7. The standard InChI is InChI=1S/C21H29N3O6/c1-29-16-7-8-18(15(11-16)12-22-20(26)27)24-10-9-17(19(24)25)23-21(28)30-13-14-5-3-2-4-6-14/h2-6,15-18,22H,7-13H2,1H3,(H,23,28)(H,26,27)/t15-,16?,17-,18-/m0/s1. The molecule has 9 heteroatoms. The first-order valence-corrected chi connectivity index (χ1v) is 10.2. The Morgan fingerprint density at radius 2 is 1.97 bits per heavy atom. The number of amides is 3. The zero-order chi connectivity index (χ0) is 21.5. The molecule has 1 aliphatic heterocycles. The van der Waals surface area contributed by atoms with E-state index in [1.54, 1.807) is 12.0 Å². The fourth-order valence-electron chi connectivity index (χ4n) is 4.34. The highest BCUT2D eigenvalue weighted by atomic mass is 16.5. The highest BCUT2D eigenvalue weighted by molar-refractivity contribution is 5.87. The predicted molar refractivity (Wildman–Crippen MR) is 108 cm³/mol. The summed E-state index contributed by atoms with van der Waals surface area (Å²) in [5.74, 6) is -0.180. The summed E-state index contributed by atoms with van der Waals surface area (Å²) in [7, 11) is 1.65. The Hall–Kier alpha value is -2.81. The number of rotatable bonds is 7. The number of likely N-dealkylation sites (tertiary alicyclic amines) is 1. The zero-order valence-electron chi connectivity index (χ0n) is 17.1. The van der Waals surface area contributed by atoms with Gasteiger partial charge in [-0.25, -0.2) is 9.59 Å². The smallest absolute Gasteiger partial charge is 0.408 e. The van der Waals surface area contributed by atoms with Crippen LogP contribution in [0, 0.1) is 5.92 Å². The highest BCUT2D eigenvalue weighted by Crippen LogP contribution is 2.32. The molecule has 2 fully saturated rings. The molecule has 4 atom stereocenters. The number of hydrogen-bond donors (Lipinski definition) is 3. The third-order valence-electron chi connectivity index (χ3n) is 5.89. The van der Waals surface area contributed by atoms with Crippen molar-refractivity contribution in [3.63, 3.8) is 0 Å². The minimum absolute atomic E-state index is 0.0347. The lowest BCUT2D eigenvalue weighted by Gasteiger charge is -2.40. The third kappa shape index (κ3) is 5.63. The van der Waals surface area contributed by atoms with Gasteiger partial charge in [-0.3, -0.25) is 4.79 Å². The topological polar surface area (TPSA) is 117 Å². The van der Waals surface area contributed by atoms with Gasteiger partial charge in [-0.15, -0.1) is 0 Å². The summed E-state index contributed by atoms with van der Waals surface area (Å²) in [6, 6.07) is 8.62. The lowest BCUT2D eigenvalue weighted by atomic mass is 9.81. The fourth-order valence-corrected chi connectivity index (χ4v) is 4.34. The molecule has 0 radical (unpaired) electrons. The van der Waals surface area contributed by atoms with Crippen LogP contribution in [0.15, 0.2) is 30.3 Å². The van der Waals surface area contributed by atoms with E-state index in [4.69, 9.17) is 14.6 Å². The number of carbonyl (C=O) groups excluding carboxylic acids is 2. The molecular formula is C21H29N3O6. The van der Waals surface area contributed by atoms with Gasteiger partial charge in [0.05, 0.1) is 6.10 Å². The van der Waals surface area contributed by atoms with Crippen LogP contribution in [0.1, 0.15) is 31.2 Å². The van der Waals surface area contributed by atoms with E-state index in [-0.39, 0.29) is 37.1 Å². The summed E-state index contributed by atoms with van der Waals surface area (Å²) in [6.07, 6.45) is 1.09. The number of carboxylic acid groups (broad SMARTS) is 1. The van der Waals surface area contributed by atoms with Gasteiger partial charge in [-0.05, 0) is 37.2 Å². The lowest BCUT2D eigenvalue weighted by Crippen LogP contribution is -2.51. The van der Waals surface area contributed by atoms with Gasteiger partial charge in [0, 0.05) is 26.2 Å². The first-order chi connectivity index (χ1) is 14.5. The molecule has 1 aromatic rings. The van der Waals surface area contributed by atoms with E-state index >= 15 is 0 Å². The van der Waals surface area contributed by atoms with Crippen molar-refractivity contribution in [2.45, 2.75) is 50.5 Å². The molecule has 2 aliphatic rings. The maximum atomic E-state index is 12.9. The molecule has 1 aromatic carbocycles. The third-order valence-corrected chi connectivity index (χ3v) is 5.89. The molecule has 1 unspecified atom stereocenters. The van der Waals surface area contributed by atoms with Crippen molar-refractivity contribution < 1.29 is 29.0 Å². The van der Waals surface area contributed by atoms with Crippen LogP contribution in [0.4, 0.5) is 9.59 Å². The second kappa shape index (κ2) is 10.3. The number of nitrogens with zero attached hydrogens (tertiary/aromatic N) is 1. The second-order valence-electron chi connectivity index (χ2n) is 7.76. The molecular weight excluding hydrogens is 390 g/mol. The first-order valence-electron chi connectivity index (χ1n) is 10.2. The molecule has 30 heavy (non-hydrogen) atoms. The average molecular weight is 419 g/mol. The van der Waals surface area contributed by atoms with Crippen LogP contribution in [0.25, 0.3) is 0 Å². The SMILES string of the molecule is COC1CC[C@H](N2CC[C@H](NC(=O)OCc3ccccc3)C2=O)[C@H](CNC(=O)O)C1. The van der Waals surface area contributed by atoms with E-state index in [0.29, 0.717) is 19.4 Å². The molecule has 3 N–H and O–H groups in total. The van der Waals surface area contributed by atoms with Crippen molar-refractivity contribution in [2.24, 2.45) is 5.92 Å². The van der Waals surface area contributed by atoms with Crippen LogP contribution >= 0.6 is 0 Å². The second-order valence-corrected chi connectivity index (χ2v) is 7.76. The molecule has 3 amide bonds. The molecule has 0 aromatic heterocycles. The van der Waals surface area contributed by atoms with Crippen molar-refractivity contribution in [3.8, 4) is 0 Å². The van der Waals surface area contributed by atoms with Crippen molar-refractivity contribution in [1.82, 2.24) is 15.5 Å². The summed E-state index contributed by atoms with van der Waals surface area (Å²) >= 11 is 0. The van der Waals surface area contributed by atoms with Gasteiger partial charge >= 0.3 is 12.2 Å². The van der Waals surface area contributed by atoms with Crippen LogP contribution < -0.4 is 10.6 Å². The minimum Gasteiger partial charge on any atom is -0.465 e. The number of benzene rings is 1. The van der Waals surface area contributed by atoms with E-state index in [1.807, 2.05) is 30.3 Å². The molecule has 1 saturated heterocycles. The summed E-state index contributed by atoms with van der Waals surface area (Å²) in [6.45, 7) is 0.927. The Balaban J connectivity index is 1.54. The normalized spacial score (nSPS) is 26.3. The predicted octanol–water partition coefficient (Wildman–Crippen LogP) is 1.96. The Labute approximate surface area is 175 Å². The van der Waals surface area contributed by atoms with Crippen LogP contribution in [0.2, 0.25) is 0 Å². The Morgan fingerprint density at radius 1 is 1.20 bits per heavy atom. The van der Waals surface area contributed by atoms with Crippen LogP contribution in [0.3, 0.4) is 0 Å². The zero-order valence-corrected chi connectivity index (χ0v) is 17.1. The van der Waals surface area contributed by atoms with Gasteiger partial charge in [-0.2, -0.15) is 0 Å². The summed E-state index contributed by atoms with van der Waals surface area (Å²) in [4.78, 5) is 37.8. The van der Waals surface area contributed by atoms with Crippen molar-refractivity contribution >= 4 is 18.1 Å². The minimum atomic E-state index is -1.08. The Bertz CT molecular complexity index is 744. The Kier molecular flexibility index (Phi) is 7.51. The van der Waals surface area contributed by atoms with Gasteiger partial charge in [0.25, 0.3) is 0 Å². The highest BCUT2D eigenvalue weighted by Gasteiger charge is 2.42. The van der Waals surface area contributed by atoms with Gasteiger partial charge < -0.3 is 30.1 Å². The molecule has 3 rings (SSSR count). The molecule has 164 valence electrons. The number of hydrogen-bond acceptors (Lipinski definition) is 5. The largest absolute Gasteiger partial charge is 0.465 e. The van der Waals surface area contributed by atoms with Crippen LogP contribution in [0.5, 0.6) is 0 Å². The maximum Gasteiger partial charge on any atom is 0.408 e. The van der Waals surface area contributed by atoms with E-state index in [0.717, 1.165) is 18.4 Å². The van der Waals surface area contributed by atoms with Crippen LogP contribution in [-0.4, -0.2) is 66.5 Å². The molecule has 1 heterocycles. The van der Waals surface area contributed by atoms with E-state index in [2.05, 4.69) is 10.6 Å². The Morgan fingerprint density at radius 3 is 2.67 bits per heavy atom. The average Bonchev–Trinajstić information content (AvgIpc) is 3.11. The van der Waals surface area contributed by atoms with Crippen LogP contribution in [-0.2, 0) is 20.9 Å². The first kappa shape index (κ1) is 21.9. The number of alkyl carbamates (subject to hydrolysis) is 1. The number of carbonyl (C=O) groups is 3. The molecule has 9 nitrogen and oxygen atoms in total. The molecule has 0 bridgehead atoms. The fraction of sp³-hybridized carbons (Fsp3) is 0.571. The number of nitrogens with one attached hydrogen (secondary N) is 2.